The highest BCUT2D eigenvalue weighted by molar-refractivity contribution is 7.13. The Balaban J connectivity index is 2.06. The highest BCUT2D eigenvalue weighted by Gasteiger charge is 2.23. The lowest BCUT2D eigenvalue weighted by atomic mass is 10.1. The molecule has 2 rings (SSSR count). The molecule has 2 heterocycles. The third-order valence-electron chi connectivity index (χ3n) is 2.38. The standard InChI is InChI=1S/C10H14O3S/c1-12-10-3-2-9(14-10)8-6-7(11)4-5-13-8/h2-3,7-8,11H,4-6H2,1H3. The molecule has 1 aliphatic heterocycles. The number of rotatable bonds is 2. The molecule has 1 aromatic rings. The predicted molar refractivity (Wildman–Crippen MR) is 54.8 cm³/mol. The first-order valence-electron chi connectivity index (χ1n) is 4.73. The maximum Gasteiger partial charge on any atom is 0.173 e. The fourth-order valence-corrected chi connectivity index (χ4v) is 2.48. The Morgan fingerprint density at radius 2 is 2.43 bits per heavy atom. The molecule has 1 aliphatic rings. The number of hydrogen-bond acceptors (Lipinski definition) is 4. The van der Waals surface area contributed by atoms with Gasteiger partial charge in [0, 0.05) is 17.9 Å². The first kappa shape index (κ1) is 9.96. The van der Waals surface area contributed by atoms with Gasteiger partial charge in [-0.25, -0.2) is 0 Å². The summed E-state index contributed by atoms with van der Waals surface area (Å²) in [4.78, 5) is 1.14. The highest BCUT2D eigenvalue weighted by Crippen LogP contribution is 2.35. The molecule has 1 N–H and O–H groups in total. The summed E-state index contributed by atoms with van der Waals surface area (Å²) < 4.78 is 10.7. The van der Waals surface area contributed by atoms with Crippen molar-refractivity contribution < 1.29 is 14.6 Å². The van der Waals surface area contributed by atoms with E-state index < -0.39 is 0 Å². The van der Waals surface area contributed by atoms with Crippen molar-refractivity contribution in [3.05, 3.63) is 17.0 Å². The lowest BCUT2D eigenvalue weighted by molar-refractivity contribution is -0.0431. The monoisotopic (exact) mass is 214 g/mol. The summed E-state index contributed by atoms with van der Waals surface area (Å²) in [5, 5.41) is 10.4. The fraction of sp³-hybridized carbons (Fsp3) is 0.600. The molecule has 4 heteroatoms. The van der Waals surface area contributed by atoms with Crippen molar-refractivity contribution in [1.29, 1.82) is 0 Å². The molecule has 1 saturated heterocycles. The minimum absolute atomic E-state index is 0.0487. The van der Waals surface area contributed by atoms with Gasteiger partial charge in [-0.3, -0.25) is 0 Å². The van der Waals surface area contributed by atoms with Crippen LogP contribution >= 0.6 is 11.3 Å². The molecule has 78 valence electrons. The molecular formula is C10H14O3S. The first-order valence-corrected chi connectivity index (χ1v) is 5.54. The van der Waals surface area contributed by atoms with Crippen LogP contribution in [-0.4, -0.2) is 24.9 Å². The van der Waals surface area contributed by atoms with Gasteiger partial charge in [-0.1, -0.05) is 0 Å². The second-order valence-electron chi connectivity index (χ2n) is 3.40. The van der Waals surface area contributed by atoms with E-state index in [1.807, 2.05) is 12.1 Å². The van der Waals surface area contributed by atoms with Gasteiger partial charge in [0.25, 0.3) is 0 Å². The van der Waals surface area contributed by atoms with E-state index in [0.717, 1.165) is 16.4 Å². The van der Waals surface area contributed by atoms with Crippen LogP contribution in [0.5, 0.6) is 5.06 Å². The quantitative estimate of drug-likeness (QED) is 0.818. The summed E-state index contributed by atoms with van der Waals surface area (Å²) in [6.07, 6.45) is 1.28. The van der Waals surface area contributed by atoms with Crippen LogP contribution in [0.3, 0.4) is 0 Å². The molecule has 0 bridgehead atoms. The van der Waals surface area contributed by atoms with Crippen molar-refractivity contribution in [3.63, 3.8) is 0 Å². The summed E-state index contributed by atoms with van der Waals surface area (Å²) in [7, 11) is 1.66. The minimum atomic E-state index is -0.221. The van der Waals surface area contributed by atoms with E-state index in [-0.39, 0.29) is 12.2 Å². The molecule has 2 unspecified atom stereocenters. The zero-order valence-electron chi connectivity index (χ0n) is 8.10. The third kappa shape index (κ3) is 2.08. The van der Waals surface area contributed by atoms with E-state index in [2.05, 4.69) is 0 Å². The van der Waals surface area contributed by atoms with E-state index in [4.69, 9.17) is 9.47 Å². The molecule has 1 aromatic heterocycles. The Kier molecular flexibility index (Phi) is 3.05. The Morgan fingerprint density at radius 3 is 3.07 bits per heavy atom. The van der Waals surface area contributed by atoms with Crippen molar-refractivity contribution >= 4 is 11.3 Å². The van der Waals surface area contributed by atoms with Gasteiger partial charge < -0.3 is 14.6 Å². The molecule has 0 aromatic carbocycles. The van der Waals surface area contributed by atoms with Crippen LogP contribution < -0.4 is 4.74 Å². The van der Waals surface area contributed by atoms with Crippen LogP contribution in [0.4, 0.5) is 0 Å². The molecule has 0 radical (unpaired) electrons. The van der Waals surface area contributed by atoms with Crippen LogP contribution in [0, 0.1) is 0 Å². The van der Waals surface area contributed by atoms with E-state index in [1.54, 1.807) is 18.4 Å². The van der Waals surface area contributed by atoms with E-state index >= 15 is 0 Å². The predicted octanol–water partition coefficient (Wildman–Crippen LogP) is 1.97. The molecule has 0 saturated carbocycles. The smallest absolute Gasteiger partial charge is 0.173 e. The van der Waals surface area contributed by atoms with Gasteiger partial charge in [-0.2, -0.15) is 0 Å². The number of aliphatic hydroxyl groups excluding tert-OH is 1. The van der Waals surface area contributed by atoms with Crippen LogP contribution in [0.2, 0.25) is 0 Å². The molecule has 0 spiro atoms. The van der Waals surface area contributed by atoms with Gasteiger partial charge in [-0.05, 0) is 18.6 Å². The summed E-state index contributed by atoms with van der Waals surface area (Å²) in [6.45, 7) is 0.645. The van der Waals surface area contributed by atoms with E-state index in [0.29, 0.717) is 13.0 Å². The Hall–Kier alpha value is -0.580. The molecule has 14 heavy (non-hydrogen) atoms. The molecule has 0 aliphatic carbocycles. The number of ether oxygens (including phenoxy) is 2. The summed E-state index contributed by atoms with van der Waals surface area (Å²) in [6, 6.07) is 3.94. The van der Waals surface area contributed by atoms with Gasteiger partial charge >= 0.3 is 0 Å². The van der Waals surface area contributed by atoms with Crippen molar-refractivity contribution in [3.8, 4) is 5.06 Å². The second kappa shape index (κ2) is 4.29. The van der Waals surface area contributed by atoms with Crippen molar-refractivity contribution in [2.45, 2.75) is 25.0 Å². The van der Waals surface area contributed by atoms with Gasteiger partial charge in [-0.15, -0.1) is 11.3 Å². The lowest BCUT2D eigenvalue weighted by Gasteiger charge is -2.25. The number of hydrogen-bond donors (Lipinski definition) is 1. The van der Waals surface area contributed by atoms with Crippen LogP contribution in [0.1, 0.15) is 23.8 Å². The normalized spacial score (nSPS) is 27.6. The molecule has 3 nitrogen and oxygen atoms in total. The van der Waals surface area contributed by atoms with Crippen LogP contribution in [0.25, 0.3) is 0 Å². The maximum atomic E-state index is 9.50. The van der Waals surface area contributed by atoms with Gasteiger partial charge in [0.1, 0.15) is 0 Å². The third-order valence-corrected chi connectivity index (χ3v) is 3.52. The molecule has 1 fully saturated rings. The summed E-state index contributed by atoms with van der Waals surface area (Å²) in [5.74, 6) is 0. The number of methoxy groups -OCH3 is 1. The number of aliphatic hydroxyl groups is 1. The van der Waals surface area contributed by atoms with E-state index in [1.165, 1.54) is 0 Å². The average molecular weight is 214 g/mol. The van der Waals surface area contributed by atoms with Gasteiger partial charge in [0.05, 0.1) is 19.3 Å². The first-order chi connectivity index (χ1) is 6.79. The van der Waals surface area contributed by atoms with Crippen LogP contribution in [-0.2, 0) is 4.74 Å². The topological polar surface area (TPSA) is 38.7 Å². The Morgan fingerprint density at radius 1 is 1.57 bits per heavy atom. The van der Waals surface area contributed by atoms with E-state index in [9.17, 15) is 5.11 Å². The average Bonchev–Trinajstić information content (AvgIpc) is 2.66. The largest absolute Gasteiger partial charge is 0.487 e. The second-order valence-corrected chi connectivity index (χ2v) is 4.48. The van der Waals surface area contributed by atoms with Crippen molar-refractivity contribution in [1.82, 2.24) is 0 Å². The maximum absolute atomic E-state index is 9.50. The van der Waals surface area contributed by atoms with Crippen molar-refractivity contribution in [2.75, 3.05) is 13.7 Å². The summed E-state index contributed by atoms with van der Waals surface area (Å²) in [5.41, 5.74) is 0. The zero-order chi connectivity index (χ0) is 9.97. The molecule has 0 amide bonds. The minimum Gasteiger partial charge on any atom is -0.487 e. The SMILES string of the molecule is COc1ccc(C2CC(O)CCO2)s1. The molecular weight excluding hydrogens is 200 g/mol. The van der Waals surface area contributed by atoms with Crippen LogP contribution in [0.15, 0.2) is 12.1 Å². The van der Waals surface area contributed by atoms with Gasteiger partial charge in [0.15, 0.2) is 5.06 Å². The lowest BCUT2D eigenvalue weighted by Crippen LogP contribution is -2.22. The Labute approximate surface area is 87.3 Å². The zero-order valence-corrected chi connectivity index (χ0v) is 8.92. The fourth-order valence-electron chi connectivity index (χ4n) is 1.59. The Bertz CT molecular complexity index is 297. The molecule has 2 atom stereocenters. The highest BCUT2D eigenvalue weighted by atomic mass is 32.1. The van der Waals surface area contributed by atoms with Crippen molar-refractivity contribution in [2.24, 2.45) is 0 Å². The number of thiophene rings is 1. The summed E-state index contributed by atoms with van der Waals surface area (Å²) >= 11 is 1.58. The van der Waals surface area contributed by atoms with Gasteiger partial charge in [0.2, 0.25) is 0 Å².